The van der Waals surface area contributed by atoms with Crippen molar-refractivity contribution in [3.05, 3.63) is 23.9 Å². The summed E-state index contributed by atoms with van der Waals surface area (Å²) in [5.41, 5.74) is 8.28. The molecule has 5 heteroatoms. The second kappa shape index (κ2) is 5.07. The van der Waals surface area contributed by atoms with E-state index in [1.54, 1.807) is 20.4 Å². The van der Waals surface area contributed by atoms with Crippen LogP contribution < -0.4 is 15.2 Å². The maximum atomic E-state index is 5.82. The van der Waals surface area contributed by atoms with E-state index in [1.807, 2.05) is 12.1 Å². The number of hydrogen-bond donors (Lipinski definition) is 1. The first-order chi connectivity index (χ1) is 9.38. The Morgan fingerprint density at radius 1 is 1.10 bits per heavy atom. The first-order valence-electron chi connectivity index (χ1n) is 6.35. The summed E-state index contributed by atoms with van der Waals surface area (Å²) in [5, 5.41) is 3.72. The molecule has 0 amide bonds. The van der Waals surface area contributed by atoms with Gasteiger partial charge in [0.1, 0.15) is 11.5 Å². The van der Waals surface area contributed by atoms with E-state index in [2.05, 4.69) is 25.9 Å². The average molecular weight is 276 g/mol. The van der Waals surface area contributed by atoms with Crippen LogP contribution in [0.25, 0.3) is 11.1 Å². The van der Waals surface area contributed by atoms with Crippen molar-refractivity contribution in [2.24, 2.45) is 0 Å². The van der Waals surface area contributed by atoms with Gasteiger partial charge in [-0.2, -0.15) is 0 Å². The Balaban J connectivity index is 2.76. The highest BCUT2D eigenvalue weighted by atomic mass is 16.5. The summed E-state index contributed by atoms with van der Waals surface area (Å²) in [6, 6.07) is 3.85. The number of methoxy groups -OCH3 is 2. The number of rotatable bonds is 3. The van der Waals surface area contributed by atoms with E-state index in [1.165, 1.54) is 0 Å². The van der Waals surface area contributed by atoms with Crippen molar-refractivity contribution in [3.8, 4) is 22.6 Å². The van der Waals surface area contributed by atoms with Crippen LogP contribution in [0.1, 0.15) is 26.3 Å². The zero-order valence-electron chi connectivity index (χ0n) is 12.5. The van der Waals surface area contributed by atoms with Gasteiger partial charge in [-0.15, -0.1) is 0 Å². The van der Waals surface area contributed by atoms with E-state index >= 15 is 0 Å². The van der Waals surface area contributed by atoms with E-state index in [9.17, 15) is 0 Å². The minimum Gasteiger partial charge on any atom is -0.497 e. The van der Waals surface area contributed by atoms with Crippen molar-refractivity contribution in [1.29, 1.82) is 0 Å². The Morgan fingerprint density at radius 3 is 2.25 bits per heavy atom. The third-order valence-electron chi connectivity index (χ3n) is 3.20. The highest BCUT2D eigenvalue weighted by Gasteiger charge is 2.25. The highest BCUT2D eigenvalue weighted by Crippen LogP contribution is 2.43. The minimum atomic E-state index is -0.0967. The molecule has 1 heterocycles. The van der Waals surface area contributed by atoms with Gasteiger partial charge in [-0.3, -0.25) is 0 Å². The van der Waals surface area contributed by atoms with Crippen molar-refractivity contribution in [3.63, 3.8) is 0 Å². The SMILES string of the molecule is COc1cc(-c2cnoc2N)c(OC)c(C(C)(C)C)c1. The number of nitrogens with two attached hydrogens (primary N) is 1. The minimum absolute atomic E-state index is 0.0967. The van der Waals surface area contributed by atoms with Crippen LogP contribution in [0.3, 0.4) is 0 Å². The van der Waals surface area contributed by atoms with Gasteiger partial charge in [-0.05, 0) is 17.5 Å². The largest absolute Gasteiger partial charge is 0.497 e. The summed E-state index contributed by atoms with van der Waals surface area (Å²) in [6.45, 7) is 6.35. The number of ether oxygens (including phenoxy) is 2. The molecule has 0 saturated heterocycles. The summed E-state index contributed by atoms with van der Waals surface area (Å²) in [4.78, 5) is 0. The first kappa shape index (κ1) is 14.2. The van der Waals surface area contributed by atoms with E-state index < -0.39 is 0 Å². The molecular formula is C15H20N2O3. The summed E-state index contributed by atoms with van der Waals surface area (Å²) < 4.78 is 15.9. The topological polar surface area (TPSA) is 70.5 Å². The molecule has 2 rings (SSSR count). The van der Waals surface area contributed by atoms with Crippen molar-refractivity contribution >= 4 is 5.88 Å². The Kier molecular flexibility index (Phi) is 3.61. The van der Waals surface area contributed by atoms with Gasteiger partial charge in [-0.1, -0.05) is 25.9 Å². The number of nitrogens with zero attached hydrogens (tertiary/aromatic N) is 1. The number of hydrogen-bond acceptors (Lipinski definition) is 5. The van der Waals surface area contributed by atoms with Crippen LogP contribution in [0.4, 0.5) is 5.88 Å². The molecule has 0 aliphatic rings. The molecule has 1 aromatic heterocycles. The van der Waals surface area contributed by atoms with Crippen LogP contribution >= 0.6 is 0 Å². The standard InChI is InChI=1S/C15H20N2O3/c1-15(2,3)12-7-9(18-4)6-10(13(12)19-5)11-8-17-20-14(11)16/h6-8H,16H2,1-5H3. The molecule has 0 atom stereocenters. The zero-order valence-corrected chi connectivity index (χ0v) is 12.5. The molecule has 0 spiro atoms. The molecule has 2 N–H and O–H groups in total. The van der Waals surface area contributed by atoms with Crippen molar-refractivity contribution < 1.29 is 14.0 Å². The van der Waals surface area contributed by atoms with Gasteiger partial charge in [0.15, 0.2) is 0 Å². The van der Waals surface area contributed by atoms with Crippen LogP contribution in [0, 0.1) is 0 Å². The van der Waals surface area contributed by atoms with Gasteiger partial charge >= 0.3 is 0 Å². The Hall–Kier alpha value is -2.17. The zero-order chi connectivity index (χ0) is 14.9. The van der Waals surface area contributed by atoms with Crippen molar-refractivity contribution in [2.45, 2.75) is 26.2 Å². The Labute approximate surface area is 118 Å². The number of aromatic nitrogens is 1. The molecule has 0 fully saturated rings. The highest BCUT2D eigenvalue weighted by molar-refractivity contribution is 5.80. The summed E-state index contributed by atoms with van der Waals surface area (Å²) in [5.74, 6) is 1.76. The van der Waals surface area contributed by atoms with E-state index in [-0.39, 0.29) is 11.3 Å². The lowest BCUT2D eigenvalue weighted by atomic mass is 9.84. The predicted molar refractivity (Wildman–Crippen MR) is 78.2 cm³/mol. The van der Waals surface area contributed by atoms with E-state index in [0.29, 0.717) is 5.56 Å². The van der Waals surface area contributed by atoms with Gasteiger partial charge in [-0.25, -0.2) is 0 Å². The third-order valence-corrected chi connectivity index (χ3v) is 3.20. The monoisotopic (exact) mass is 276 g/mol. The molecule has 108 valence electrons. The maximum absolute atomic E-state index is 5.82. The molecule has 2 aromatic rings. The third kappa shape index (κ3) is 2.43. The van der Waals surface area contributed by atoms with Gasteiger partial charge in [0.2, 0.25) is 5.88 Å². The molecule has 0 aliphatic carbocycles. The van der Waals surface area contributed by atoms with Gasteiger partial charge in [0.25, 0.3) is 0 Å². The van der Waals surface area contributed by atoms with Gasteiger partial charge < -0.3 is 19.7 Å². The van der Waals surface area contributed by atoms with Crippen molar-refractivity contribution in [2.75, 3.05) is 20.0 Å². The lowest BCUT2D eigenvalue weighted by Gasteiger charge is -2.24. The summed E-state index contributed by atoms with van der Waals surface area (Å²) in [7, 11) is 3.28. The smallest absolute Gasteiger partial charge is 0.230 e. The molecule has 0 bridgehead atoms. The molecule has 0 saturated carbocycles. The molecular weight excluding hydrogens is 256 g/mol. The predicted octanol–water partition coefficient (Wildman–Crippen LogP) is 3.24. The molecule has 0 radical (unpaired) electrons. The number of nitrogen functional groups attached to an aromatic ring is 1. The van der Waals surface area contributed by atoms with Crippen LogP contribution in [0.2, 0.25) is 0 Å². The fourth-order valence-electron chi connectivity index (χ4n) is 2.15. The second-order valence-electron chi connectivity index (χ2n) is 5.61. The second-order valence-corrected chi connectivity index (χ2v) is 5.61. The van der Waals surface area contributed by atoms with Gasteiger partial charge in [0, 0.05) is 11.1 Å². The molecule has 1 aromatic carbocycles. The fraction of sp³-hybridized carbons (Fsp3) is 0.400. The van der Waals surface area contributed by atoms with E-state index in [0.717, 1.165) is 22.6 Å². The molecule has 5 nitrogen and oxygen atoms in total. The Morgan fingerprint density at radius 2 is 1.80 bits per heavy atom. The quantitative estimate of drug-likeness (QED) is 0.931. The average Bonchev–Trinajstić information content (AvgIpc) is 2.82. The number of benzene rings is 1. The first-order valence-corrected chi connectivity index (χ1v) is 6.35. The summed E-state index contributed by atoms with van der Waals surface area (Å²) >= 11 is 0. The lowest BCUT2D eigenvalue weighted by molar-refractivity contribution is 0.389. The van der Waals surface area contributed by atoms with Crippen LogP contribution in [0.5, 0.6) is 11.5 Å². The summed E-state index contributed by atoms with van der Waals surface area (Å²) in [6.07, 6.45) is 1.58. The molecule has 0 unspecified atom stereocenters. The van der Waals surface area contributed by atoms with Gasteiger partial charge in [0.05, 0.1) is 26.0 Å². The van der Waals surface area contributed by atoms with Crippen molar-refractivity contribution in [1.82, 2.24) is 5.16 Å². The van der Waals surface area contributed by atoms with Crippen LogP contribution in [-0.4, -0.2) is 19.4 Å². The Bertz CT molecular complexity index is 612. The molecule has 0 aliphatic heterocycles. The van der Waals surface area contributed by atoms with Crippen LogP contribution in [-0.2, 0) is 5.41 Å². The lowest BCUT2D eigenvalue weighted by Crippen LogP contribution is -2.13. The molecule has 20 heavy (non-hydrogen) atoms. The normalized spacial score (nSPS) is 11.4. The number of anilines is 1. The van der Waals surface area contributed by atoms with Crippen LogP contribution in [0.15, 0.2) is 22.9 Å². The van der Waals surface area contributed by atoms with E-state index in [4.69, 9.17) is 19.7 Å². The maximum Gasteiger partial charge on any atom is 0.230 e. The fourth-order valence-corrected chi connectivity index (χ4v) is 2.15.